The van der Waals surface area contributed by atoms with Gasteiger partial charge in [0.2, 0.25) is 0 Å². The number of hydrogen-bond donors (Lipinski definition) is 0. The van der Waals surface area contributed by atoms with E-state index in [1.165, 1.54) is 6.42 Å². The second-order valence-corrected chi connectivity index (χ2v) is 5.67. The van der Waals surface area contributed by atoms with Gasteiger partial charge in [0, 0.05) is 24.2 Å². The molecule has 1 fully saturated rings. The lowest BCUT2D eigenvalue weighted by Crippen LogP contribution is -2.35. The van der Waals surface area contributed by atoms with Crippen LogP contribution in [-0.4, -0.2) is 30.2 Å². The lowest BCUT2D eigenvalue weighted by atomic mass is 10.0. The Morgan fingerprint density at radius 2 is 1.36 bits per heavy atom. The Kier molecular flexibility index (Phi) is 4.33. The van der Waals surface area contributed by atoms with Crippen LogP contribution in [0, 0.1) is 0 Å². The van der Waals surface area contributed by atoms with Gasteiger partial charge in [-0.25, -0.2) is 0 Å². The Balaban J connectivity index is 1.76. The Bertz CT molecular complexity index is 653. The van der Waals surface area contributed by atoms with Crippen LogP contribution in [-0.2, 0) is 0 Å². The number of carbonyl (C=O) groups is 2. The molecule has 1 aliphatic rings. The van der Waals surface area contributed by atoms with E-state index >= 15 is 0 Å². The predicted molar refractivity (Wildman–Crippen MR) is 87.0 cm³/mol. The second-order valence-electron chi connectivity index (χ2n) is 5.67. The summed E-state index contributed by atoms with van der Waals surface area (Å²) in [5.74, 6) is 0.127. The largest absolute Gasteiger partial charge is 0.339 e. The molecule has 112 valence electrons. The van der Waals surface area contributed by atoms with Crippen LogP contribution in [0.5, 0.6) is 0 Å². The van der Waals surface area contributed by atoms with Crippen LogP contribution in [0.25, 0.3) is 11.1 Å². The van der Waals surface area contributed by atoms with Gasteiger partial charge in [-0.2, -0.15) is 0 Å². The van der Waals surface area contributed by atoms with E-state index in [1.807, 2.05) is 41.3 Å². The van der Waals surface area contributed by atoms with Crippen molar-refractivity contribution in [3.05, 3.63) is 59.7 Å². The van der Waals surface area contributed by atoms with Crippen molar-refractivity contribution in [1.29, 1.82) is 0 Å². The Hall–Kier alpha value is -2.42. The summed E-state index contributed by atoms with van der Waals surface area (Å²) >= 11 is 0. The summed E-state index contributed by atoms with van der Waals surface area (Å²) in [5.41, 5.74) is 3.51. The van der Waals surface area contributed by atoms with Gasteiger partial charge in [0.1, 0.15) is 6.29 Å². The number of carbonyl (C=O) groups excluding carboxylic acids is 2. The molecule has 22 heavy (non-hydrogen) atoms. The first-order valence-corrected chi connectivity index (χ1v) is 7.73. The van der Waals surface area contributed by atoms with E-state index < -0.39 is 0 Å². The topological polar surface area (TPSA) is 37.4 Å². The molecule has 3 heteroatoms. The normalized spacial score (nSPS) is 14.6. The van der Waals surface area contributed by atoms with E-state index in [0.717, 1.165) is 48.9 Å². The molecule has 0 N–H and O–H groups in total. The highest BCUT2D eigenvalue weighted by Crippen LogP contribution is 2.21. The SMILES string of the molecule is O=Cc1ccc(-c2ccc(C(=O)N3CCCCC3)cc2)cc1. The van der Waals surface area contributed by atoms with Gasteiger partial charge < -0.3 is 4.90 Å². The first-order valence-electron chi connectivity index (χ1n) is 7.73. The lowest BCUT2D eigenvalue weighted by molar-refractivity contribution is 0.0724. The number of rotatable bonds is 3. The van der Waals surface area contributed by atoms with Gasteiger partial charge in [-0.05, 0) is 42.5 Å². The van der Waals surface area contributed by atoms with E-state index in [4.69, 9.17) is 0 Å². The summed E-state index contributed by atoms with van der Waals surface area (Å²) in [7, 11) is 0. The minimum Gasteiger partial charge on any atom is -0.339 e. The molecule has 0 saturated carbocycles. The van der Waals surface area contributed by atoms with E-state index in [1.54, 1.807) is 12.1 Å². The molecular formula is C19H19NO2. The Labute approximate surface area is 130 Å². The average Bonchev–Trinajstić information content (AvgIpc) is 2.62. The van der Waals surface area contributed by atoms with Gasteiger partial charge in [-0.1, -0.05) is 36.4 Å². The highest BCUT2D eigenvalue weighted by molar-refractivity contribution is 5.94. The number of amides is 1. The van der Waals surface area contributed by atoms with Crippen LogP contribution in [0.15, 0.2) is 48.5 Å². The molecule has 2 aromatic carbocycles. The number of hydrogen-bond acceptors (Lipinski definition) is 2. The van der Waals surface area contributed by atoms with Crippen LogP contribution in [0.3, 0.4) is 0 Å². The molecule has 0 unspecified atom stereocenters. The Morgan fingerprint density at radius 3 is 1.91 bits per heavy atom. The van der Waals surface area contributed by atoms with Crippen LogP contribution >= 0.6 is 0 Å². The lowest BCUT2D eigenvalue weighted by Gasteiger charge is -2.26. The summed E-state index contributed by atoms with van der Waals surface area (Å²) < 4.78 is 0. The third-order valence-electron chi connectivity index (χ3n) is 4.16. The average molecular weight is 293 g/mol. The van der Waals surface area contributed by atoms with Crippen LogP contribution in [0.2, 0.25) is 0 Å². The molecule has 1 amide bonds. The maximum absolute atomic E-state index is 12.4. The molecule has 2 aromatic rings. The fourth-order valence-electron chi connectivity index (χ4n) is 2.84. The third-order valence-corrected chi connectivity index (χ3v) is 4.16. The molecule has 1 heterocycles. The fraction of sp³-hybridized carbons (Fsp3) is 0.263. The maximum Gasteiger partial charge on any atom is 0.253 e. The molecular weight excluding hydrogens is 274 g/mol. The number of piperidine rings is 1. The standard InChI is InChI=1S/C19H19NO2/c21-14-15-4-6-16(7-5-15)17-8-10-18(11-9-17)19(22)20-12-2-1-3-13-20/h4-11,14H,1-3,12-13H2. The summed E-state index contributed by atoms with van der Waals surface area (Å²) in [6.45, 7) is 1.74. The second kappa shape index (κ2) is 6.56. The molecule has 0 bridgehead atoms. The smallest absolute Gasteiger partial charge is 0.253 e. The van der Waals surface area contributed by atoms with Crippen molar-refractivity contribution < 1.29 is 9.59 Å². The molecule has 0 aliphatic carbocycles. The quantitative estimate of drug-likeness (QED) is 0.807. The van der Waals surface area contributed by atoms with Crippen molar-refractivity contribution in [3.63, 3.8) is 0 Å². The maximum atomic E-state index is 12.4. The van der Waals surface area contributed by atoms with E-state index in [-0.39, 0.29) is 5.91 Å². The zero-order chi connectivity index (χ0) is 15.4. The number of likely N-dealkylation sites (tertiary alicyclic amines) is 1. The molecule has 0 atom stereocenters. The van der Waals surface area contributed by atoms with Crippen molar-refractivity contribution >= 4 is 12.2 Å². The van der Waals surface area contributed by atoms with Gasteiger partial charge >= 0.3 is 0 Å². The van der Waals surface area contributed by atoms with Crippen LogP contribution in [0.4, 0.5) is 0 Å². The van der Waals surface area contributed by atoms with Crippen molar-refractivity contribution in [2.45, 2.75) is 19.3 Å². The zero-order valence-corrected chi connectivity index (χ0v) is 12.5. The molecule has 0 radical (unpaired) electrons. The summed E-state index contributed by atoms with van der Waals surface area (Å²) in [4.78, 5) is 25.0. The monoisotopic (exact) mass is 293 g/mol. The molecule has 3 nitrogen and oxygen atoms in total. The highest BCUT2D eigenvalue weighted by Gasteiger charge is 2.17. The van der Waals surface area contributed by atoms with Gasteiger partial charge in [0.25, 0.3) is 5.91 Å². The van der Waals surface area contributed by atoms with Gasteiger partial charge in [-0.15, -0.1) is 0 Å². The van der Waals surface area contributed by atoms with Crippen molar-refractivity contribution in [1.82, 2.24) is 4.90 Å². The van der Waals surface area contributed by atoms with Crippen LogP contribution in [0.1, 0.15) is 40.0 Å². The van der Waals surface area contributed by atoms with Crippen molar-refractivity contribution in [3.8, 4) is 11.1 Å². The first-order chi connectivity index (χ1) is 10.8. The summed E-state index contributed by atoms with van der Waals surface area (Å²) in [6.07, 6.45) is 4.27. The third kappa shape index (κ3) is 3.08. The number of benzene rings is 2. The number of aldehydes is 1. The zero-order valence-electron chi connectivity index (χ0n) is 12.5. The predicted octanol–water partition coefficient (Wildman–Crippen LogP) is 3.79. The van der Waals surface area contributed by atoms with Gasteiger partial charge in [-0.3, -0.25) is 9.59 Å². The minimum absolute atomic E-state index is 0.127. The van der Waals surface area contributed by atoms with E-state index in [9.17, 15) is 9.59 Å². The Morgan fingerprint density at radius 1 is 0.818 bits per heavy atom. The number of nitrogens with zero attached hydrogens (tertiary/aromatic N) is 1. The molecule has 3 rings (SSSR count). The fourth-order valence-corrected chi connectivity index (χ4v) is 2.84. The van der Waals surface area contributed by atoms with Gasteiger partial charge in [0.05, 0.1) is 0 Å². The summed E-state index contributed by atoms with van der Waals surface area (Å²) in [5, 5.41) is 0. The van der Waals surface area contributed by atoms with Gasteiger partial charge in [0.15, 0.2) is 0 Å². The van der Waals surface area contributed by atoms with E-state index in [0.29, 0.717) is 5.56 Å². The minimum atomic E-state index is 0.127. The van der Waals surface area contributed by atoms with Crippen molar-refractivity contribution in [2.75, 3.05) is 13.1 Å². The summed E-state index contributed by atoms with van der Waals surface area (Å²) in [6, 6.07) is 15.2. The van der Waals surface area contributed by atoms with Crippen molar-refractivity contribution in [2.24, 2.45) is 0 Å². The molecule has 0 aromatic heterocycles. The molecule has 1 saturated heterocycles. The highest BCUT2D eigenvalue weighted by atomic mass is 16.2. The van der Waals surface area contributed by atoms with E-state index in [2.05, 4.69) is 0 Å². The van der Waals surface area contributed by atoms with Crippen LogP contribution < -0.4 is 0 Å². The molecule has 1 aliphatic heterocycles. The molecule has 0 spiro atoms. The first kappa shape index (κ1) is 14.5.